The first-order valence-electron chi connectivity index (χ1n) is 7.87. The van der Waals surface area contributed by atoms with Crippen molar-refractivity contribution in [3.05, 3.63) is 46.6 Å². The number of rotatable bonds is 4. The number of sulfonamides is 1. The molecule has 2 aromatic carbocycles. The summed E-state index contributed by atoms with van der Waals surface area (Å²) in [6.45, 7) is 0.455. The number of carbonyl (C=O) groups excluding carboxylic acids is 1. The molecule has 1 aliphatic rings. The molecule has 0 saturated heterocycles. The van der Waals surface area contributed by atoms with Gasteiger partial charge in [-0.15, -0.1) is 11.8 Å². The highest BCUT2D eigenvalue weighted by molar-refractivity contribution is 8.00. The Bertz CT molecular complexity index is 1160. The summed E-state index contributed by atoms with van der Waals surface area (Å²) in [7, 11) is -3.84. The number of nitrogens with one attached hydrogen (secondary N) is 3. The number of H-pyrrole nitrogens is 1. The summed E-state index contributed by atoms with van der Waals surface area (Å²) in [5.41, 5.74) is 1.55. The van der Waals surface area contributed by atoms with Crippen LogP contribution in [0.3, 0.4) is 0 Å². The van der Waals surface area contributed by atoms with Crippen molar-refractivity contribution < 1.29 is 13.2 Å². The van der Waals surface area contributed by atoms with Crippen molar-refractivity contribution in [3.8, 4) is 0 Å². The number of hydrogen-bond acceptors (Lipinski definition) is 5. The van der Waals surface area contributed by atoms with Crippen LogP contribution in [0.2, 0.25) is 10.0 Å². The van der Waals surface area contributed by atoms with Crippen LogP contribution >= 0.6 is 35.0 Å². The second-order valence-corrected chi connectivity index (χ2v) is 9.70. The van der Waals surface area contributed by atoms with Crippen molar-refractivity contribution in [2.45, 2.75) is 15.0 Å². The highest BCUT2D eigenvalue weighted by atomic mass is 35.5. The van der Waals surface area contributed by atoms with Crippen LogP contribution in [-0.4, -0.2) is 31.5 Å². The molecule has 1 aliphatic heterocycles. The molecular formula is C17H13Cl2N3O3S2. The van der Waals surface area contributed by atoms with Crippen molar-refractivity contribution in [2.24, 2.45) is 0 Å². The zero-order valence-corrected chi connectivity index (χ0v) is 16.8. The minimum atomic E-state index is -3.84. The van der Waals surface area contributed by atoms with E-state index in [4.69, 9.17) is 23.2 Å². The first-order valence-corrected chi connectivity index (χ1v) is 11.0. The number of aldehydes is 1. The van der Waals surface area contributed by atoms with Crippen LogP contribution < -0.4 is 10.0 Å². The van der Waals surface area contributed by atoms with Crippen LogP contribution in [0.4, 0.5) is 11.4 Å². The molecule has 3 aromatic rings. The monoisotopic (exact) mass is 441 g/mol. The Morgan fingerprint density at radius 3 is 2.78 bits per heavy atom. The summed E-state index contributed by atoms with van der Waals surface area (Å²) in [6, 6.07) is 7.93. The molecule has 0 spiro atoms. The molecule has 1 aromatic heterocycles. The summed E-state index contributed by atoms with van der Waals surface area (Å²) in [4.78, 5) is 14.8. The van der Waals surface area contributed by atoms with Crippen molar-refractivity contribution in [1.29, 1.82) is 0 Å². The minimum absolute atomic E-state index is 0.111. The lowest BCUT2D eigenvalue weighted by molar-refractivity contribution is -0.107. The fourth-order valence-electron chi connectivity index (χ4n) is 2.87. The lowest BCUT2D eigenvalue weighted by Crippen LogP contribution is -2.23. The van der Waals surface area contributed by atoms with Crippen LogP contribution in [0.5, 0.6) is 0 Å². The van der Waals surface area contributed by atoms with Gasteiger partial charge in [-0.1, -0.05) is 23.2 Å². The second kappa shape index (κ2) is 6.94. The maximum absolute atomic E-state index is 12.9. The normalized spacial score (nSPS) is 16.6. The van der Waals surface area contributed by atoms with Gasteiger partial charge in [0.15, 0.2) is 0 Å². The number of aromatic nitrogens is 1. The number of halogens is 2. The second-order valence-electron chi connectivity index (χ2n) is 5.92. The van der Waals surface area contributed by atoms with Crippen LogP contribution in [0.15, 0.2) is 46.3 Å². The van der Waals surface area contributed by atoms with Gasteiger partial charge < -0.3 is 15.1 Å². The molecule has 0 aliphatic carbocycles. The highest BCUT2D eigenvalue weighted by Crippen LogP contribution is 2.37. The van der Waals surface area contributed by atoms with E-state index in [0.717, 1.165) is 11.2 Å². The van der Waals surface area contributed by atoms with E-state index in [9.17, 15) is 13.2 Å². The first kappa shape index (κ1) is 18.5. The summed E-state index contributed by atoms with van der Waals surface area (Å²) in [6.07, 6.45) is 2.43. The molecule has 4 rings (SSSR count). The maximum atomic E-state index is 12.9. The molecule has 27 heavy (non-hydrogen) atoms. The van der Waals surface area contributed by atoms with E-state index in [-0.39, 0.29) is 10.1 Å². The van der Waals surface area contributed by atoms with Gasteiger partial charge in [0.05, 0.1) is 31.4 Å². The molecule has 3 N–H and O–H groups in total. The van der Waals surface area contributed by atoms with Gasteiger partial charge >= 0.3 is 0 Å². The Labute approximate surface area is 169 Å². The molecule has 2 heterocycles. The van der Waals surface area contributed by atoms with E-state index >= 15 is 0 Å². The molecule has 1 atom stereocenters. The van der Waals surface area contributed by atoms with Gasteiger partial charge in [-0.25, -0.2) is 8.42 Å². The standard InChI is InChI=1S/C17H13Cl2N3O3S2/c18-11-2-3-13(17-16(11)12(19)7-21-17)22-27(24,25)10-1-4-15-14(5-10)20-6-9(8-23)26-15/h1-5,7-9,20-22H,6H2. The predicted molar refractivity (Wildman–Crippen MR) is 110 cm³/mol. The smallest absolute Gasteiger partial charge is 0.262 e. The predicted octanol–water partition coefficient (Wildman–Crippen LogP) is 4.36. The fourth-order valence-corrected chi connectivity index (χ4v) is 5.47. The molecule has 0 bridgehead atoms. The summed E-state index contributed by atoms with van der Waals surface area (Å²) >= 11 is 13.7. The van der Waals surface area contributed by atoms with Crippen LogP contribution in [0, 0.1) is 0 Å². The topological polar surface area (TPSA) is 91.1 Å². The molecule has 0 amide bonds. The molecule has 6 nitrogen and oxygen atoms in total. The Kier molecular flexibility index (Phi) is 4.75. The van der Waals surface area contributed by atoms with Crippen LogP contribution in [-0.2, 0) is 14.8 Å². The molecule has 0 radical (unpaired) electrons. The van der Waals surface area contributed by atoms with Gasteiger partial charge in [-0.05, 0) is 30.3 Å². The molecule has 1 unspecified atom stereocenters. The average Bonchev–Trinajstić information content (AvgIpc) is 3.06. The van der Waals surface area contributed by atoms with Crippen molar-refractivity contribution in [3.63, 3.8) is 0 Å². The molecule has 0 fully saturated rings. The van der Waals surface area contributed by atoms with Gasteiger partial charge in [-0.3, -0.25) is 4.72 Å². The third kappa shape index (κ3) is 3.38. The number of carbonyl (C=O) groups is 1. The van der Waals surface area contributed by atoms with Gasteiger partial charge in [-0.2, -0.15) is 0 Å². The molecule has 10 heteroatoms. The van der Waals surface area contributed by atoms with E-state index in [2.05, 4.69) is 15.0 Å². The van der Waals surface area contributed by atoms with E-state index in [1.807, 2.05) is 0 Å². The maximum Gasteiger partial charge on any atom is 0.262 e. The van der Waals surface area contributed by atoms with E-state index in [0.29, 0.717) is 38.9 Å². The lowest BCUT2D eigenvalue weighted by atomic mass is 10.2. The third-order valence-electron chi connectivity index (χ3n) is 4.17. The summed E-state index contributed by atoms with van der Waals surface area (Å²) < 4.78 is 28.3. The van der Waals surface area contributed by atoms with E-state index in [1.54, 1.807) is 30.5 Å². The quantitative estimate of drug-likeness (QED) is 0.523. The number of aromatic amines is 1. The Balaban J connectivity index is 1.69. The van der Waals surface area contributed by atoms with Gasteiger partial charge in [0.2, 0.25) is 0 Å². The lowest BCUT2D eigenvalue weighted by Gasteiger charge is -2.22. The summed E-state index contributed by atoms with van der Waals surface area (Å²) in [5, 5.41) is 4.31. The van der Waals surface area contributed by atoms with Crippen molar-refractivity contribution >= 4 is 73.6 Å². The Morgan fingerprint density at radius 2 is 2.00 bits per heavy atom. The van der Waals surface area contributed by atoms with Gasteiger partial charge in [0.1, 0.15) is 6.29 Å². The zero-order valence-electron chi connectivity index (χ0n) is 13.6. The zero-order chi connectivity index (χ0) is 19.2. The van der Waals surface area contributed by atoms with E-state index < -0.39 is 10.0 Å². The van der Waals surface area contributed by atoms with Crippen molar-refractivity contribution in [1.82, 2.24) is 4.98 Å². The SMILES string of the molecule is O=CC1CNc2cc(S(=O)(=O)Nc3ccc(Cl)c4c(Cl)c[nH]c34)ccc2S1. The van der Waals surface area contributed by atoms with Gasteiger partial charge in [0.25, 0.3) is 10.0 Å². The van der Waals surface area contributed by atoms with E-state index in [1.165, 1.54) is 17.8 Å². The summed E-state index contributed by atoms with van der Waals surface area (Å²) in [5.74, 6) is 0. The van der Waals surface area contributed by atoms with Crippen LogP contribution in [0.25, 0.3) is 10.9 Å². The average molecular weight is 442 g/mol. The Hall–Kier alpha value is -1.87. The van der Waals surface area contributed by atoms with Gasteiger partial charge in [0, 0.05) is 28.7 Å². The minimum Gasteiger partial charge on any atom is -0.383 e. The number of fused-ring (bicyclic) bond motifs is 2. The number of thioether (sulfide) groups is 1. The van der Waals surface area contributed by atoms with Crippen molar-refractivity contribution in [2.75, 3.05) is 16.6 Å². The fraction of sp³-hybridized carbons (Fsp3) is 0.118. The number of anilines is 2. The molecule has 140 valence electrons. The largest absolute Gasteiger partial charge is 0.383 e. The highest BCUT2D eigenvalue weighted by Gasteiger charge is 2.23. The number of hydrogen-bond donors (Lipinski definition) is 3. The molecule has 0 saturated carbocycles. The Morgan fingerprint density at radius 1 is 1.19 bits per heavy atom. The number of benzene rings is 2. The third-order valence-corrected chi connectivity index (χ3v) is 7.33. The molecular weight excluding hydrogens is 429 g/mol. The first-order chi connectivity index (χ1) is 12.9. The van der Waals surface area contributed by atoms with Crippen LogP contribution in [0.1, 0.15) is 0 Å².